The van der Waals surface area contributed by atoms with Crippen molar-refractivity contribution in [1.82, 2.24) is 14.3 Å². The number of amides is 2. The van der Waals surface area contributed by atoms with Crippen molar-refractivity contribution in [3.63, 3.8) is 0 Å². The lowest BCUT2D eigenvalue weighted by molar-refractivity contribution is -0.122. The molecule has 0 aromatic carbocycles. The quantitative estimate of drug-likeness (QED) is 0.231. The highest BCUT2D eigenvalue weighted by Gasteiger charge is 2.34. The molecule has 0 saturated carbocycles. The van der Waals surface area contributed by atoms with E-state index in [0.29, 0.717) is 11.4 Å². The fourth-order valence-corrected chi connectivity index (χ4v) is 5.02. The van der Waals surface area contributed by atoms with Crippen LogP contribution in [0, 0.1) is 0 Å². The van der Waals surface area contributed by atoms with Crippen molar-refractivity contribution < 1.29 is 9.59 Å². The maximum atomic E-state index is 12.4. The number of pyridine rings is 1. The van der Waals surface area contributed by atoms with E-state index in [2.05, 4.69) is 22.4 Å². The minimum atomic E-state index is -0.124. The summed E-state index contributed by atoms with van der Waals surface area (Å²) in [5.74, 6) is 0.835. The number of unbranched alkanes of at least 4 members (excludes halogenated alkanes) is 5. The van der Waals surface area contributed by atoms with Crippen LogP contribution < -0.4 is 0 Å². The average molecular weight is 454 g/mol. The number of nitrogens with zero attached hydrogens (tertiary/aromatic N) is 3. The zero-order chi connectivity index (χ0) is 19.8. The number of rotatable bonds is 11. The number of thioether (sulfide) groups is 2. The van der Waals surface area contributed by atoms with Gasteiger partial charge >= 0.3 is 0 Å². The van der Waals surface area contributed by atoms with Gasteiger partial charge in [-0.2, -0.15) is 0 Å². The molecule has 2 aromatic rings. The van der Waals surface area contributed by atoms with Crippen LogP contribution in [0.2, 0.25) is 0 Å². The molecule has 0 radical (unpaired) electrons. The van der Waals surface area contributed by atoms with Crippen LogP contribution in [-0.4, -0.2) is 37.7 Å². The van der Waals surface area contributed by atoms with Gasteiger partial charge in [0.05, 0.1) is 9.93 Å². The smallest absolute Gasteiger partial charge is 0.293 e. The Morgan fingerprint density at radius 2 is 2.00 bits per heavy atom. The van der Waals surface area contributed by atoms with Crippen LogP contribution in [0.1, 0.15) is 51.9 Å². The maximum absolute atomic E-state index is 12.4. The Hall–Kier alpha value is -1.44. The van der Waals surface area contributed by atoms with Crippen molar-refractivity contribution in [1.29, 1.82) is 0 Å². The number of hydrogen-bond acceptors (Lipinski definition) is 5. The molecule has 1 saturated heterocycles. The molecule has 0 aliphatic carbocycles. The van der Waals surface area contributed by atoms with Crippen molar-refractivity contribution in [2.45, 2.75) is 56.9 Å². The molecule has 0 unspecified atom stereocenters. The molecule has 0 atom stereocenters. The van der Waals surface area contributed by atoms with Crippen molar-refractivity contribution >= 4 is 52.7 Å². The van der Waals surface area contributed by atoms with Crippen LogP contribution >= 0.6 is 35.9 Å². The Bertz CT molecular complexity index is 853. The molecule has 1 fully saturated rings. The molecule has 2 aromatic heterocycles. The molecule has 2 amide bonds. The number of carbonyl (C=O) groups is 2. The largest absolute Gasteiger partial charge is 0.294 e. The van der Waals surface area contributed by atoms with Gasteiger partial charge in [-0.3, -0.25) is 18.9 Å². The second kappa shape index (κ2) is 12.3. The summed E-state index contributed by atoms with van der Waals surface area (Å²) in [6.45, 7) is 2.69. The number of imide groups is 1. The fourth-order valence-electron chi connectivity index (χ4n) is 3.12. The lowest BCUT2D eigenvalue weighted by atomic mass is 10.1. The Morgan fingerprint density at radius 1 is 1.14 bits per heavy atom. The summed E-state index contributed by atoms with van der Waals surface area (Å²) in [4.78, 5) is 30.9. The van der Waals surface area contributed by atoms with Crippen LogP contribution in [0.4, 0.5) is 4.79 Å². The van der Waals surface area contributed by atoms with E-state index in [1.807, 2.05) is 24.4 Å². The summed E-state index contributed by atoms with van der Waals surface area (Å²) in [5.41, 5.74) is 0.948. The first kappa shape index (κ1) is 23.8. The van der Waals surface area contributed by atoms with Gasteiger partial charge in [-0.05, 0) is 55.3 Å². The third-order valence-electron chi connectivity index (χ3n) is 4.68. The van der Waals surface area contributed by atoms with E-state index in [1.165, 1.54) is 24.2 Å². The lowest BCUT2D eigenvalue weighted by Gasteiger charge is -2.12. The van der Waals surface area contributed by atoms with E-state index in [0.717, 1.165) is 53.9 Å². The highest BCUT2D eigenvalue weighted by molar-refractivity contribution is 8.18. The molecule has 3 rings (SSSR count). The first-order valence-electron chi connectivity index (χ1n) is 9.99. The third-order valence-corrected chi connectivity index (χ3v) is 6.76. The third kappa shape index (κ3) is 6.52. The number of hydrogen-bond donors (Lipinski definition) is 0. The summed E-state index contributed by atoms with van der Waals surface area (Å²) >= 11 is 2.87. The minimum absolute atomic E-state index is 0. The molecule has 1 aliphatic rings. The van der Waals surface area contributed by atoms with E-state index >= 15 is 0 Å². The van der Waals surface area contributed by atoms with Gasteiger partial charge in [0, 0.05) is 18.9 Å². The highest BCUT2D eigenvalue weighted by atomic mass is 35.5. The summed E-state index contributed by atoms with van der Waals surface area (Å²) in [6, 6.07) is 6.09. The average Bonchev–Trinajstić information content (AvgIpc) is 3.27. The predicted molar refractivity (Wildman–Crippen MR) is 124 cm³/mol. The molecule has 1 aliphatic heterocycles. The summed E-state index contributed by atoms with van der Waals surface area (Å²) in [5, 5.41) is 1.04. The van der Waals surface area contributed by atoms with Gasteiger partial charge in [0.25, 0.3) is 11.1 Å². The van der Waals surface area contributed by atoms with Crippen LogP contribution in [0.3, 0.4) is 0 Å². The summed E-state index contributed by atoms with van der Waals surface area (Å²) < 4.78 is 2.08. The molecule has 3 heterocycles. The summed E-state index contributed by atoms with van der Waals surface area (Å²) in [7, 11) is 0. The highest BCUT2D eigenvalue weighted by Crippen LogP contribution is 2.31. The number of carbonyl (C=O) groups excluding carboxylic acids is 2. The van der Waals surface area contributed by atoms with Gasteiger partial charge in [-0.25, -0.2) is 4.98 Å². The molecular formula is C21H28ClN3O2S2. The second-order valence-corrected chi connectivity index (χ2v) is 8.93. The van der Waals surface area contributed by atoms with Crippen LogP contribution in [0.5, 0.6) is 0 Å². The van der Waals surface area contributed by atoms with Gasteiger partial charge in [-0.15, -0.1) is 24.2 Å². The molecule has 0 bridgehead atoms. The number of allylic oxidation sites excluding steroid dienone is 1. The van der Waals surface area contributed by atoms with Crippen molar-refractivity contribution in [3.8, 4) is 0 Å². The summed E-state index contributed by atoms with van der Waals surface area (Å²) in [6.07, 6.45) is 13.1. The van der Waals surface area contributed by atoms with E-state index in [9.17, 15) is 9.59 Å². The molecule has 5 nitrogen and oxygen atoms in total. The van der Waals surface area contributed by atoms with Gasteiger partial charge in [0.1, 0.15) is 5.65 Å². The topological polar surface area (TPSA) is 54.7 Å². The van der Waals surface area contributed by atoms with Gasteiger partial charge in [-0.1, -0.05) is 38.3 Å². The zero-order valence-electron chi connectivity index (χ0n) is 16.7. The molecule has 8 heteroatoms. The second-order valence-electron chi connectivity index (χ2n) is 6.82. The number of fused-ring (bicyclic) bond motifs is 1. The standard InChI is InChI=1S/C21H27N3O2S2.ClH/c1-2-3-4-5-6-10-17-20(25)24(21(26)28-17)14-7-8-16-27-19-12-9-11-18-22-13-15-23(18)19;/h9-13,15H,2-8,14,16H2,1H3;1H. The Balaban J connectivity index is 0.00000300. The van der Waals surface area contributed by atoms with E-state index in [4.69, 9.17) is 0 Å². The van der Waals surface area contributed by atoms with Gasteiger partial charge in [0.15, 0.2) is 0 Å². The SMILES string of the molecule is CCCCCCC=C1SC(=O)N(CCCCSc2cccc3nccn23)C1=O.Cl. The predicted octanol–water partition coefficient (Wildman–Crippen LogP) is 6.18. The molecule has 158 valence electrons. The minimum Gasteiger partial charge on any atom is -0.294 e. The van der Waals surface area contributed by atoms with E-state index < -0.39 is 0 Å². The number of aromatic nitrogens is 2. The van der Waals surface area contributed by atoms with E-state index in [1.54, 1.807) is 18.0 Å². The monoisotopic (exact) mass is 453 g/mol. The first-order valence-corrected chi connectivity index (χ1v) is 11.8. The molecule has 29 heavy (non-hydrogen) atoms. The molecular weight excluding hydrogens is 426 g/mol. The Kier molecular flexibility index (Phi) is 10.1. The van der Waals surface area contributed by atoms with Crippen molar-refractivity contribution in [2.24, 2.45) is 0 Å². The Labute approximate surface area is 187 Å². The maximum Gasteiger partial charge on any atom is 0.293 e. The van der Waals surface area contributed by atoms with Crippen molar-refractivity contribution in [3.05, 3.63) is 41.6 Å². The van der Waals surface area contributed by atoms with Crippen LogP contribution in [-0.2, 0) is 4.79 Å². The molecule has 0 N–H and O–H groups in total. The number of imidazole rings is 1. The fraction of sp³-hybridized carbons (Fsp3) is 0.476. The van der Waals surface area contributed by atoms with E-state index in [-0.39, 0.29) is 23.6 Å². The van der Waals surface area contributed by atoms with Crippen molar-refractivity contribution in [2.75, 3.05) is 12.3 Å². The zero-order valence-corrected chi connectivity index (χ0v) is 19.2. The Morgan fingerprint density at radius 3 is 2.83 bits per heavy atom. The molecule has 0 spiro atoms. The normalized spacial score (nSPS) is 15.5. The van der Waals surface area contributed by atoms with Gasteiger partial charge in [0.2, 0.25) is 0 Å². The lowest BCUT2D eigenvalue weighted by Crippen LogP contribution is -2.29. The first-order chi connectivity index (χ1) is 13.7. The van der Waals surface area contributed by atoms with Crippen LogP contribution in [0.25, 0.3) is 5.65 Å². The van der Waals surface area contributed by atoms with Gasteiger partial charge < -0.3 is 0 Å². The number of halogens is 1. The van der Waals surface area contributed by atoms with Crippen LogP contribution in [0.15, 0.2) is 46.6 Å².